The number of aromatic nitrogens is 4. The average Bonchev–Trinajstić information content (AvgIpc) is 2.83. The minimum Gasteiger partial charge on any atom is -0.384 e. The van der Waals surface area contributed by atoms with Gasteiger partial charge in [0.25, 0.3) is 0 Å². The van der Waals surface area contributed by atoms with E-state index in [-0.39, 0.29) is 0 Å². The number of nitrogens with zero attached hydrogens (tertiary/aromatic N) is 4. The molecule has 2 aromatic rings. The fourth-order valence-electron chi connectivity index (χ4n) is 1.21. The summed E-state index contributed by atoms with van der Waals surface area (Å²) in [6.45, 7) is 2.91. The van der Waals surface area contributed by atoms with Gasteiger partial charge in [0, 0.05) is 12.7 Å². The molecule has 2 rings (SSSR count). The van der Waals surface area contributed by atoms with Crippen LogP contribution in [0.5, 0.6) is 0 Å². The van der Waals surface area contributed by atoms with Crippen LogP contribution in [0.1, 0.15) is 12.7 Å². The molecule has 0 bridgehead atoms. The minimum absolute atomic E-state index is 0.362. The lowest BCUT2D eigenvalue weighted by Gasteiger charge is -2.04. The Morgan fingerprint density at radius 1 is 1.32 bits per heavy atom. The largest absolute Gasteiger partial charge is 0.384 e. The van der Waals surface area contributed by atoms with Crippen LogP contribution in [0.15, 0.2) is 19.8 Å². The van der Waals surface area contributed by atoms with Crippen LogP contribution in [-0.4, -0.2) is 33.0 Å². The van der Waals surface area contributed by atoms with E-state index in [0.717, 1.165) is 13.7 Å². The smallest absolute Gasteiger partial charge is 0.181 e. The third kappa shape index (κ3) is 4.30. The maximum atomic E-state index is 5.76. The van der Waals surface area contributed by atoms with Crippen molar-refractivity contribution in [2.45, 2.75) is 27.2 Å². The molecule has 0 radical (unpaired) electrons. The van der Waals surface area contributed by atoms with Gasteiger partial charge < -0.3 is 10.5 Å². The summed E-state index contributed by atoms with van der Waals surface area (Å²) in [5.74, 6) is 1.01. The highest BCUT2D eigenvalue weighted by Crippen LogP contribution is 2.32. The summed E-state index contributed by atoms with van der Waals surface area (Å²) < 4.78 is 7.05. The van der Waals surface area contributed by atoms with Gasteiger partial charge in [-0.15, -0.1) is 10.2 Å². The molecule has 0 unspecified atom stereocenters. The summed E-state index contributed by atoms with van der Waals surface area (Å²) in [7, 11) is 0. The number of nitrogens with two attached hydrogens (primary N) is 1. The van der Waals surface area contributed by atoms with Crippen molar-refractivity contribution in [1.82, 2.24) is 20.2 Å². The Kier molecular flexibility index (Phi) is 5.37. The van der Waals surface area contributed by atoms with E-state index < -0.39 is 0 Å². The Morgan fingerprint density at radius 2 is 2.11 bits per heavy atom. The molecule has 0 aliphatic carbocycles. The molecule has 0 saturated carbocycles. The van der Waals surface area contributed by atoms with Crippen molar-refractivity contribution in [3.05, 3.63) is 11.9 Å². The Hall–Kier alpha value is -0.900. The van der Waals surface area contributed by atoms with Crippen LogP contribution in [0.3, 0.4) is 0 Å². The van der Waals surface area contributed by atoms with E-state index >= 15 is 0 Å². The van der Waals surface area contributed by atoms with E-state index in [4.69, 9.17) is 10.5 Å². The normalized spacial score (nSPS) is 10.8. The van der Waals surface area contributed by atoms with E-state index in [9.17, 15) is 0 Å². The zero-order valence-electron chi connectivity index (χ0n) is 10.5. The Morgan fingerprint density at radius 3 is 2.79 bits per heavy atom. The zero-order valence-corrected chi connectivity index (χ0v) is 12.9. The zero-order chi connectivity index (χ0) is 13.7. The number of hydrogen-bond donors (Lipinski definition) is 1. The lowest BCUT2D eigenvalue weighted by Crippen LogP contribution is -2.03. The summed E-state index contributed by atoms with van der Waals surface area (Å²) in [5.41, 5.74) is 5.76. The van der Waals surface area contributed by atoms with Gasteiger partial charge >= 0.3 is 0 Å². The molecule has 6 nitrogen and oxygen atoms in total. The molecule has 0 aromatic carbocycles. The van der Waals surface area contributed by atoms with Crippen molar-refractivity contribution in [1.29, 1.82) is 0 Å². The minimum atomic E-state index is 0.362. The third-order valence-corrected chi connectivity index (χ3v) is 4.83. The van der Waals surface area contributed by atoms with Crippen LogP contribution in [0.2, 0.25) is 0 Å². The second-order valence-electron chi connectivity index (χ2n) is 3.32. The van der Waals surface area contributed by atoms with Crippen molar-refractivity contribution in [3.8, 4) is 0 Å². The topological polar surface area (TPSA) is 86.8 Å². The quantitative estimate of drug-likeness (QED) is 0.642. The van der Waals surface area contributed by atoms with E-state index in [0.29, 0.717) is 24.9 Å². The summed E-state index contributed by atoms with van der Waals surface area (Å²) in [4.78, 5) is 8.51. The van der Waals surface area contributed by atoms with Crippen LogP contribution in [0.25, 0.3) is 0 Å². The third-order valence-electron chi connectivity index (χ3n) is 1.96. The molecule has 0 saturated heterocycles. The number of nitrogen functional groups attached to an aromatic ring is 1. The van der Waals surface area contributed by atoms with Gasteiger partial charge in [-0.25, -0.2) is 9.97 Å². The molecule has 0 aliphatic rings. The highest BCUT2D eigenvalue weighted by molar-refractivity contribution is 8.02. The van der Waals surface area contributed by atoms with Gasteiger partial charge in [0.15, 0.2) is 14.5 Å². The van der Waals surface area contributed by atoms with Gasteiger partial charge in [0.2, 0.25) is 0 Å². The van der Waals surface area contributed by atoms with Crippen LogP contribution < -0.4 is 5.73 Å². The Balaban J connectivity index is 2.12. The molecule has 0 amide bonds. The summed E-state index contributed by atoms with van der Waals surface area (Å²) in [6.07, 6.45) is 1.97. The first-order chi connectivity index (χ1) is 9.21. The van der Waals surface area contributed by atoms with Gasteiger partial charge in [-0.1, -0.05) is 23.1 Å². The predicted octanol–water partition coefficient (Wildman–Crippen LogP) is 2.32. The van der Waals surface area contributed by atoms with E-state index in [2.05, 4.69) is 20.2 Å². The van der Waals surface area contributed by atoms with Crippen molar-refractivity contribution >= 4 is 40.7 Å². The Labute approximate surface area is 123 Å². The average molecular weight is 315 g/mol. The summed E-state index contributed by atoms with van der Waals surface area (Å²) in [6, 6.07) is 1.72. The van der Waals surface area contributed by atoms with Crippen LogP contribution in [0, 0.1) is 0 Å². The lowest BCUT2D eigenvalue weighted by atomic mass is 10.5. The van der Waals surface area contributed by atoms with E-state index in [1.807, 2.05) is 13.2 Å². The van der Waals surface area contributed by atoms with E-state index in [1.54, 1.807) is 17.8 Å². The molecule has 0 atom stereocenters. The SMILES string of the molecule is CCOCc1nc(N)cc(Sc2nnc(SC)s2)n1. The van der Waals surface area contributed by atoms with Crippen LogP contribution in [0.4, 0.5) is 5.82 Å². The number of anilines is 1. The Bertz CT molecular complexity index is 548. The molecule has 2 N–H and O–H groups in total. The monoisotopic (exact) mass is 315 g/mol. The van der Waals surface area contributed by atoms with Gasteiger partial charge in [-0.3, -0.25) is 0 Å². The maximum absolute atomic E-state index is 5.76. The number of hydrogen-bond acceptors (Lipinski definition) is 9. The van der Waals surface area contributed by atoms with Crippen LogP contribution in [-0.2, 0) is 11.3 Å². The molecule has 19 heavy (non-hydrogen) atoms. The van der Waals surface area contributed by atoms with Gasteiger partial charge in [0.05, 0.1) is 0 Å². The molecule has 102 valence electrons. The summed E-state index contributed by atoms with van der Waals surface area (Å²) in [5, 5.41) is 8.87. The van der Waals surface area contributed by atoms with Crippen molar-refractivity contribution < 1.29 is 4.74 Å². The number of thioether (sulfide) groups is 1. The summed E-state index contributed by atoms with van der Waals surface area (Å²) >= 11 is 4.53. The molecule has 2 heterocycles. The molecule has 0 aliphatic heterocycles. The second-order valence-corrected chi connectivity index (χ2v) is 6.62. The predicted molar refractivity (Wildman–Crippen MR) is 77.6 cm³/mol. The first kappa shape index (κ1) is 14.5. The van der Waals surface area contributed by atoms with Crippen LogP contribution >= 0.6 is 34.9 Å². The highest BCUT2D eigenvalue weighted by atomic mass is 32.2. The molecular weight excluding hydrogens is 302 g/mol. The van der Waals surface area contributed by atoms with Crippen molar-refractivity contribution in [2.75, 3.05) is 18.6 Å². The highest BCUT2D eigenvalue weighted by Gasteiger charge is 2.09. The molecule has 9 heteroatoms. The number of rotatable bonds is 6. The molecular formula is C10H13N5OS3. The maximum Gasteiger partial charge on any atom is 0.181 e. The number of ether oxygens (including phenoxy) is 1. The molecule has 0 spiro atoms. The van der Waals surface area contributed by atoms with E-state index in [1.165, 1.54) is 23.1 Å². The standard InChI is InChI=1S/C10H13N5OS3/c1-3-16-5-7-12-6(11)4-8(13-7)18-10-15-14-9(17-2)19-10/h4H,3,5H2,1-2H3,(H2,11,12,13). The fourth-order valence-corrected chi connectivity index (χ4v) is 3.63. The molecule has 0 fully saturated rings. The van der Waals surface area contributed by atoms with Crippen molar-refractivity contribution in [3.63, 3.8) is 0 Å². The van der Waals surface area contributed by atoms with Crippen molar-refractivity contribution in [2.24, 2.45) is 0 Å². The first-order valence-electron chi connectivity index (χ1n) is 5.47. The van der Waals surface area contributed by atoms with Gasteiger partial charge in [0.1, 0.15) is 17.5 Å². The fraction of sp³-hybridized carbons (Fsp3) is 0.400. The van der Waals surface area contributed by atoms with Gasteiger partial charge in [-0.05, 0) is 24.9 Å². The first-order valence-corrected chi connectivity index (χ1v) is 8.33. The second kappa shape index (κ2) is 7.04. The van der Waals surface area contributed by atoms with Gasteiger partial charge in [-0.2, -0.15) is 0 Å². The lowest BCUT2D eigenvalue weighted by molar-refractivity contribution is 0.128. The molecule has 2 aromatic heterocycles.